The van der Waals surface area contributed by atoms with Crippen LogP contribution in [0.15, 0.2) is 30.3 Å². The van der Waals surface area contributed by atoms with Crippen LogP contribution in [0, 0.1) is 5.92 Å². The van der Waals surface area contributed by atoms with E-state index >= 15 is 0 Å². The van der Waals surface area contributed by atoms with E-state index in [-0.39, 0.29) is 0 Å². The fourth-order valence-electron chi connectivity index (χ4n) is 3.32. The number of benzene rings is 1. The minimum Gasteiger partial charge on any atom is -0.326 e. The van der Waals surface area contributed by atoms with Crippen LogP contribution < -0.4 is 5.73 Å². The van der Waals surface area contributed by atoms with Gasteiger partial charge in [-0.05, 0) is 31.6 Å². The third-order valence-electron chi connectivity index (χ3n) is 4.72. The summed E-state index contributed by atoms with van der Waals surface area (Å²) in [6.45, 7) is 2.90. The molecule has 0 aliphatic heterocycles. The lowest BCUT2D eigenvalue weighted by atomic mass is 9.81. The van der Waals surface area contributed by atoms with Crippen LogP contribution in [0.25, 0.3) is 11.3 Å². The van der Waals surface area contributed by atoms with E-state index in [0.717, 1.165) is 11.6 Å². The molecule has 3 heteroatoms. The Morgan fingerprint density at radius 3 is 2.48 bits per heavy atom. The fraction of sp³-hybridized carbons (Fsp3) is 0.500. The minimum atomic E-state index is 0.589. The van der Waals surface area contributed by atoms with E-state index in [1.54, 1.807) is 0 Å². The van der Waals surface area contributed by atoms with Crippen LogP contribution in [0.1, 0.15) is 54.8 Å². The van der Waals surface area contributed by atoms with Gasteiger partial charge in [-0.25, -0.2) is 4.98 Å². The second-order valence-corrected chi connectivity index (χ2v) is 7.14. The Morgan fingerprint density at radius 2 is 1.86 bits per heavy atom. The van der Waals surface area contributed by atoms with Crippen LogP contribution in [0.3, 0.4) is 0 Å². The third-order valence-corrected chi connectivity index (χ3v) is 5.96. The quantitative estimate of drug-likeness (QED) is 0.867. The van der Waals surface area contributed by atoms with Crippen molar-refractivity contribution in [1.82, 2.24) is 4.98 Å². The van der Waals surface area contributed by atoms with Crippen LogP contribution in [-0.2, 0) is 6.54 Å². The van der Waals surface area contributed by atoms with Crippen molar-refractivity contribution in [2.45, 2.75) is 51.5 Å². The molecule has 2 aromatic rings. The van der Waals surface area contributed by atoms with Gasteiger partial charge in [0.2, 0.25) is 0 Å². The van der Waals surface area contributed by atoms with Crippen molar-refractivity contribution in [2.75, 3.05) is 0 Å². The van der Waals surface area contributed by atoms with Gasteiger partial charge in [-0.15, -0.1) is 11.3 Å². The van der Waals surface area contributed by atoms with E-state index < -0.39 is 0 Å². The summed E-state index contributed by atoms with van der Waals surface area (Å²) in [5.41, 5.74) is 8.25. The zero-order chi connectivity index (χ0) is 14.7. The van der Waals surface area contributed by atoms with Crippen molar-refractivity contribution in [3.05, 3.63) is 40.2 Å². The first kappa shape index (κ1) is 14.7. The maximum Gasteiger partial charge on any atom is 0.0966 e. The Balaban J connectivity index is 1.83. The highest BCUT2D eigenvalue weighted by Crippen LogP contribution is 2.40. The lowest BCUT2D eigenvalue weighted by Crippen LogP contribution is -2.12. The number of rotatable bonds is 4. The third kappa shape index (κ3) is 3.19. The Labute approximate surface area is 131 Å². The van der Waals surface area contributed by atoms with Crippen molar-refractivity contribution < 1.29 is 0 Å². The monoisotopic (exact) mass is 300 g/mol. The molecule has 0 unspecified atom stereocenters. The number of hydrogen-bond donors (Lipinski definition) is 1. The van der Waals surface area contributed by atoms with Crippen molar-refractivity contribution in [1.29, 1.82) is 0 Å². The summed E-state index contributed by atoms with van der Waals surface area (Å²) in [5.74, 6) is 1.59. The van der Waals surface area contributed by atoms with Gasteiger partial charge in [0.25, 0.3) is 0 Å². The van der Waals surface area contributed by atoms with E-state index in [0.29, 0.717) is 12.5 Å². The topological polar surface area (TPSA) is 38.9 Å². The average molecular weight is 300 g/mol. The molecule has 3 rings (SSSR count). The van der Waals surface area contributed by atoms with Gasteiger partial charge in [-0.1, -0.05) is 43.7 Å². The average Bonchev–Trinajstić information content (AvgIpc) is 3.00. The highest BCUT2D eigenvalue weighted by molar-refractivity contribution is 7.12. The largest absolute Gasteiger partial charge is 0.326 e. The van der Waals surface area contributed by atoms with Gasteiger partial charge in [0.15, 0.2) is 0 Å². The molecule has 112 valence electrons. The van der Waals surface area contributed by atoms with E-state index in [9.17, 15) is 0 Å². The van der Waals surface area contributed by atoms with Gasteiger partial charge < -0.3 is 5.73 Å². The van der Waals surface area contributed by atoms with E-state index in [1.165, 1.54) is 47.6 Å². The van der Waals surface area contributed by atoms with Crippen LogP contribution in [0.4, 0.5) is 0 Å². The SMILES string of the molecule is CCC1CCC(c2nc(-c3ccccc3)c(CN)s2)CC1. The summed E-state index contributed by atoms with van der Waals surface area (Å²) in [6, 6.07) is 10.4. The van der Waals surface area contributed by atoms with Crippen molar-refractivity contribution >= 4 is 11.3 Å². The molecular weight excluding hydrogens is 276 g/mol. The fourth-order valence-corrected chi connectivity index (χ4v) is 4.46. The smallest absolute Gasteiger partial charge is 0.0966 e. The van der Waals surface area contributed by atoms with Crippen LogP contribution in [-0.4, -0.2) is 4.98 Å². The van der Waals surface area contributed by atoms with Crippen molar-refractivity contribution in [2.24, 2.45) is 11.7 Å². The second-order valence-electron chi connectivity index (χ2n) is 6.02. The van der Waals surface area contributed by atoms with Gasteiger partial charge in [-0.3, -0.25) is 0 Å². The summed E-state index contributed by atoms with van der Waals surface area (Å²) < 4.78 is 0. The van der Waals surface area contributed by atoms with Gasteiger partial charge in [0.1, 0.15) is 0 Å². The molecule has 0 spiro atoms. The number of thiazole rings is 1. The molecule has 2 nitrogen and oxygen atoms in total. The van der Waals surface area contributed by atoms with E-state index in [4.69, 9.17) is 10.7 Å². The van der Waals surface area contributed by atoms with Gasteiger partial charge in [0.05, 0.1) is 10.7 Å². The second kappa shape index (κ2) is 6.71. The first-order valence-electron chi connectivity index (χ1n) is 8.06. The summed E-state index contributed by atoms with van der Waals surface area (Å²) in [4.78, 5) is 6.19. The predicted molar refractivity (Wildman–Crippen MR) is 90.4 cm³/mol. The maximum atomic E-state index is 5.94. The lowest BCUT2D eigenvalue weighted by molar-refractivity contribution is 0.318. The van der Waals surface area contributed by atoms with Crippen LogP contribution in [0.5, 0.6) is 0 Å². The first-order chi connectivity index (χ1) is 10.3. The molecule has 2 N–H and O–H groups in total. The number of nitrogens with two attached hydrogens (primary N) is 1. The highest BCUT2D eigenvalue weighted by atomic mass is 32.1. The zero-order valence-electron chi connectivity index (χ0n) is 12.7. The van der Waals surface area contributed by atoms with Gasteiger partial charge >= 0.3 is 0 Å². The summed E-state index contributed by atoms with van der Waals surface area (Å²) in [7, 11) is 0. The summed E-state index contributed by atoms with van der Waals surface area (Å²) >= 11 is 1.83. The molecule has 1 aromatic heterocycles. The molecule has 0 radical (unpaired) electrons. The van der Waals surface area contributed by atoms with Crippen molar-refractivity contribution in [3.63, 3.8) is 0 Å². The van der Waals surface area contributed by atoms with Crippen LogP contribution in [0.2, 0.25) is 0 Å². The Morgan fingerprint density at radius 1 is 1.14 bits per heavy atom. The molecule has 1 fully saturated rings. The molecule has 1 aliphatic carbocycles. The Bertz CT molecular complexity index is 568. The summed E-state index contributed by atoms with van der Waals surface area (Å²) in [6.07, 6.45) is 6.64. The first-order valence-corrected chi connectivity index (χ1v) is 8.88. The number of nitrogens with zero attached hydrogens (tertiary/aromatic N) is 1. The standard InChI is InChI=1S/C18H24N2S/c1-2-13-8-10-15(11-9-13)18-20-17(16(12-19)21-18)14-6-4-3-5-7-14/h3-7,13,15H,2,8-12,19H2,1H3. The maximum absolute atomic E-state index is 5.94. The van der Waals surface area contributed by atoms with E-state index in [1.807, 2.05) is 17.4 Å². The molecule has 1 aliphatic rings. The van der Waals surface area contributed by atoms with Crippen LogP contribution >= 0.6 is 11.3 Å². The van der Waals surface area contributed by atoms with E-state index in [2.05, 4.69) is 31.2 Å². The molecule has 0 atom stereocenters. The molecule has 21 heavy (non-hydrogen) atoms. The number of aromatic nitrogens is 1. The zero-order valence-corrected chi connectivity index (χ0v) is 13.5. The molecule has 0 saturated heterocycles. The molecule has 0 bridgehead atoms. The Hall–Kier alpha value is -1.19. The molecule has 1 heterocycles. The molecular formula is C18H24N2S. The normalized spacial score (nSPS) is 22.4. The molecule has 1 aromatic carbocycles. The Kier molecular flexibility index (Phi) is 4.71. The molecule has 1 saturated carbocycles. The van der Waals surface area contributed by atoms with Gasteiger partial charge in [0, 0.05) is 22.9 Å². The number of hydrogen-bond acceptors (Lipinski definition) is 3. The molecule has 0 amide bonds. The predicted octanol–water partition coefficient (Wildman–Crippen LogP) is 4.95. The van der Waals surface area contributed by atoms with Crippen molar-refractivity contribution in [3.8, 4) is 11.3 Å². The van der Waals surface area contributed by atoms with Gasteiger partial charge in [-0.2, -0.15) is 0 Å². The highest BCUT2D eigenvalue weighted by Gasteiger charge is 2.25. The summed E-state index contributed by atoms with van der Waals surface area (Å²) in [5, 5.41) is 1.31. The lowest BCUT2D eigenvalue weighted by Gasteiger charge is -2.26. The minimum absolute atomic E-state index is 0.589.